The van der Waals surface area contributed by atoms with Gasteiger partial charge in [0.05, 0.1) is 6.42 Å². The molecular weight excluding hydrogens is 240 g/mol. The summed E-state index contributed by atoms with van der Waals surface area (Å²) in [7, 11) is 0. The van der Waals surface area contributed by atoms with E-state index in [-0.39, 0.29) is 12.5 Å². The van der Waals surface area contributed by atoms with Gasteiger partial charge in [0.25, 0.3) is 0 Å². The van der Waals surface area contributed by atoms with E-state index in [0.29, 0.717) is 0 Å². The molecule has 1 aliphatic heterocycles. The van der Waals surface area contributed by atoms with Crippen LogP contribution in [-0.2, 0) is 11.3 Å². The number of rotatable bonds is 4. The molecule has 1 aliphatic rings. The van der Waals surface area contributed by atoms with Gasteiger partial charge in [0.1, 0.15) is 0 Å². The highest BCUT2D eigenvalue weighted by molar-refractivity contribution is 5.67. The number of hydrogen-bond donors (Lipinski definition) is 2. The first-order valence-corrected chi connectivity index (χ1v) is 6.86. The molecule has 1 saturated heterocycles. The van der Waals surface area contributed by atoms with Gasteiger partial charge in [-0.2, -0.15) is 0 Å². The fourth-order valence-electron chi connectivity index (χ4n) is 2.52. The van der Waals surface area contributed by atoms with Crippen molar-refractivity contribution >= 4 is 5.97 Å². The first-order valence-electron chi connectivity index (χ1n) is 6.86. The van der Waals surface area contributed by atoms with Crippen molar-refractivity contribution in [1.29, 1.82) is 0 Å². The van der Waals surface area contributed by atoms with Gasteiger partial charge in [-0.15, -0.1) is 0 Å². The summed E-state index contributed by atoms with van der Waals surface area (Å²) in [5.74, 6) is -0.727. The Morgan fingerprint density at radius 2 is 2.16 bits per heavy atom. The summed E-state index contributed by atoms with van der Waals surface area (Å²) < 4.78 is 0. The fourth-order valence-corrected chi connectivity index (χ4v) is 2.52. The van der Waals surface area contributed by atoms with Gasteiger partial charge in [0.15, 0.2) is 0 Å². The topological polar surface area (TPSA) is 52.6 Å². The zero-order valence-electron chi connectivity index (χ0n) is 11.4. The minimum absolute atomic E-state index is 0.0606. The van der Waals surface area contributed by atoms with Crippen LogP contribution < -0.4 is 5.32 Å². The number of nitrogens with zero attached hydrogens (tertiary/aromatic N) is 1. The molecule has 0 radical (unpaired) electrons. The Balaban J connectivity index is 1.94. The van der Waals surface area contributed by atoms with Crippen LogP contribution in [0.5, 0.6) is 0 Å². The Bertz CT molecular complexity index is 417. The van der Waals surface area contributed by atoms with Crippen LogP contribution in [0.2, 0.25) is 0 Å². The van der Waals surface area contributed by atoms with Crippen LogP contribution >= 0.6 is 0 Å². The van der Waals surface area contributed by atoms with Crippen LogP contribution in [0.3, 0.4) is 0 Å². The molecule has 0 spiro atoms. The highest BCUT2D eigenvalue weighted by Gasteiger charge is 2.19. The average molecular weight is 262 g/mol. The third kappa shape index (κ3) is 4.65. The van der Waals surface area contributed by atoms with Gasteiger partial charge in [-0.1, -0.05) is 29.8 Å². The van der Waals surface area contributed by atoms with Crippen molar-refractivity contribution in [2.75, 3.05) is 19.6 Å². The minimum atomic E-state index is -0.727. The number of carboxylic acid groups (broad SMARTS) is 1. The summed E-state index contributed by atoms with van der Waals surface area (Å²) in [6, 6.07) is 8.62. The number of carboxylic acids is 1. The van der Waals surface area contributed by atoms with Crippen LogP contribution in [0.15, 0.2) is 24.3 Å². The predicted octanol–water partition coefficient (Wildman–Crippen LogP) is 1.63. The molecule has 0 bridgehead atoms. The van der Waals surface area contributed by atoms with Gasteiger partial charge < -0.3 is 10.4 Å². The van der Waals surface area contributed by atoms with Crippen molar-refractivity contribution < 1.29 is 9.90 Å². The van der Waals surface area contributed by atoms with Crippen molar-refractivity contribution in [1.82, 2.24) is 10.2 Å². The molecule has 4 nitrogen and oxygen atoms in total. The molecular formula is C15H22N2O2. The highest BCUT2D eigenvalue weighted by atomic mass is 16.4. The van der Waals surface area contributed by atoms with Gasteiger partial charge in [-0.3, -0.25) is 9.69 Å². The van der Waals surface area contributed by atoms with Gasteiger partial charge in [-0.05, 0) is 32.0 Å². The lowest BCUT2D eigenvalue weighted by Gasteiger charge is -2.23. The maximum absolute atomic E-state index is 10.8. The average Bonchev–Trinajstić information content (AvgIpc) is 2.57. The van der Waals surface area contributed by atoms with E-state index in [2.05, 4.69) is 41.4 Å². The second-order valence-corrected chi connectivity index (χ2v) is 5.32. The molecule has 2 N–H and O–H groups in total. The summed E-state index contributed by atoms with van der Waals surface area (Å²) in [6.45, 7) is 5.72. The number of aryl methyl sites for hydroxylation is 1. The van der Waals surface area contributed by atoms with Crippen molar-refractivity contribution in [2.24, 2.45) is 0 Å². The molecule has 0 saturated carbocycles. The Hall–Kier alpha value is -1.39. The molecule has 19 heavy (non-hydrogen) atoms. The number of hydrogen-bond acceptors (Lipinski definition) is 3. The monoisotopic (exact) mass is 262 g/mol. The third-order valence-electron chi connectivity index (χ3n) is 3.51. The van der Waals surface area contributed by atoms with Crippen LogP contribution in [0.25, 0.3) is 0 Å². The van der Waals surface area contributed by atoms with Crippen LogP contribution in [0.1, 0.15) is 24.0 Å². The molecule has 104 valence electrons. The number of carbonyl (C=O) groups is 1. The van der Waals surface area contributed by atoms with Gasteiger partial charge in [0, 0.05) is 19.1 Å². The van der Waals surface area contributed by atoms with E-state index in [0.717, 1.165) is 32.6 Å². The van der Waals surface area contributed by atoms with Gasteiger partial charge >= 0.3 is 5.97 Å². The maximum atomic E-state index is 10.8. The van der Waals surface area contributed by atoms with Crippen molar-refractivity contribution in [3.63, 3.8) is 0 Å². The first kappa shape index (κ1) is 14.0. The number of benzene rings is 1. The molecule has 4 heteroatoms. The SMILES string of the molecule is Cc1ccc(CN2CCCNC(CC(=O)O)C2)cc1. The standard InChI is InChI=1S/C15H22N2O2/c1-12-3-5-13(6-4-12)10-17-8-2-7-16-14(11-17)9-15(18)19/h3-6,14,16H,2,7-11H2,1H3,(H,18,19). The lowest BCUT2D eigenvalue weighted by molar-refractivity contribution is -0.137. The largest absolute Gasteiger partial charge is 0.481 e. The van der Waals surface area contributed by atoms with E-state index < -0.39 is 5.97 Å². The predicted molar refractivity (Wildman–Crippen MR) is 75.1 cm³/mol. The molecule has 0 amide bonds. The Morgan fingerprint density at radius 3 is 2.84 bits per heavy atom. The molecule has 2 rings (SSSR count). The normalized spacial score (nSPS) is 21.0. The van der Waals surface area contributed by atoms with Crippen molar-refractivity contribution in [2.45, 2.75) is 32.4 Å². The summed E-state index contributed by atoms with van der Waals surface area (Å²) >= 11 is 0. The summed E-state index contributed by atoms with van der Waals surface area (Å²) in [6.07, 6.45) is 1.27. The Kier molecular flexibility index (Phi) is 4.93. The second-order valence-electron chi connectivity index (χ2n) is 5.32. The molecule has 1 unspecified atom stereocenters. The smallest absolute Gasteiger partial charge is 0.304 e. The van der Waals surface area contributed by atoms with Crippen molar-refractivity contribution in [3.05, 3.63) is 35.4 Å². The Morgan fingerprint density at radius 1 is 1.42 bits per heavy atom. The maximum Gasteiger partial charge on any atom is 0.304 e. The van der Waals surface area contributed by atoms with E-state index >= 15 is 0 Å². The molecule has 1 atom stereocenters. The summed E-state index contributed by atoms with van der Waals surface area (Å²) in [4.78, 5) is 13.2. The lowest BCUT2D eigenvalue weighted by Crippen LogP contribution is -2.38. The van der Waals surface area contributed by atoms with E-state index in [1.165, 1.54) is 11.1 Å². The third-order valence-corrected chi connectivity index (χ3v) is 3.51. The zero-order chi connectivity index (χ0) is 13.7. The fraction of sp³-hybridized carbons (Fsp3) is 0.533. The van der Waals surface area contributed by atoms with Crippen LogP contribution in [-0.4, -0.2) is 41.7 Å². The summed E-state index contributed by atoms with van der Waals surface area (Å²) in [5.41, 5.74) is 2.56. The second kappa shape index (κ2) is 6.68. The van der Waals surface area contributed by atoms with Gasteiger partial charge in [0.2, 0.25) is 0 Å². The molecule has 1 aromatic rings. The molecule has 0 aliphatic carbocycles. The molecule has 1 heterocycles. The quantitative estimate of drug-likeness (QED) is 0.866. The molecule has 1 aromatic carbocycles. The summed E-state index contributed by atoms with van der Waals surface area (Å²) in [5, 5.41) is 12.2. The number of nitrogens with one attached hydrogen (secondary N) is 1. The van der Waals surface area contributed by atoms with E-state index in [9.17, 15) is 4.79 Å². The van der Waals surface area contributed by atoms with E-state index in [4.69, 9.17) is 5.11 Å². The van der Waals surface area contributed by atoms with E-state index in [1.54, 1.807) is 0 Å². The minimum Gasteiger partial charge on any atom is -0.481 e. The van der Waals surface area contributed by atoms with E-state index in [1.807, 2.05) is 0 Å². The Labute approximate surface area is 114 Å². The first-order chi connectivity index (χ1) is 9.13. The zero-order valence-corrected chi connectivity index (χ0v) is 11.4. The lowest BCUT2D eigenvalue weighted by atomic mass is 10.1. The van der Waals surface area contributed by atoms with Gasteiger partial charge in [-0.25, -0.2) is 0 Å². The number of aliphatic carboxylic acids is 1. The highest BCUT2D eigenvalue weighted by Crippen LogP contribution is 2.10. The van der Waals surface area contributed by atoms with Crippen molar-refractivity contribution in [3.8, 4) is 0 Å². The van der Waals surface area contributed by atoms with Crippen LogP contribution in [0.4, 0.5) is 0 Å². The molecule has 0 aromatic heterocycles. The van der Waals surface area contributed by atoms with Crippen LogP contribution in [0, 0.1) is 6.92 Å². The molecule has 1 fully saturated rings.